The zero-order chi connectivity index (χ0) is 14.5. The summed E-state index contributed by atoms with van der Waals surface area (Å²) in [5.74, 6) is 0.386. The van der Waals surface area contributed by atoms with Crippen LogP contribution < -0.4 is 10.1 Å². The Morgan fingerprint density at radius 2 is 2.15 bits per heavy atom. The summed E-state index contributed by atoms with van der Waals surface area (Å²) < 4.78 is 5.13. The van der Waals surface area contributed by atoms with Crippen molar-refractivity contribution >= 4 is 11.7 Å². The molecule has 1 aromatic rings. The van der Waals surface area contributed by atoms with Gasteiger partial charge in [-0.1, -0.05) is 6.42 Å². The van der Waals surface area contributed by atoms with E-state index >= 15 is 0 Å². The third-order valence-corrected chi connectivity index (χ3v) is 4.06. The Morgan fingerprint density at radius 1 is 1.40 bits per heavy atom. The van der Waals surface area contributed by atoms with Crippen LogP contribution in [-0.4, -0.2) is 36.4 Å². The highest BCUT2D eigenvalue weighted by Gasteiger charge is 2.26. The van der Waals surface area contributed by atoms with Gasteiger partial charge < -0.3 is 20.3 Å². The minimum atomic E-state index is -0.958. The summed E-state index contributed by atoms with van der Waals surface area (Å²) in [6.45, 7) is 0.884. The monoisotopic (exact) mass is 279 g/mol. The molecule has 1 aliphatic rings. The number of hydrogen-bond acceptors (Lipinski definition) is 4. The minimum absolute atomic E-state index is 0.205. The van der Waals surface area contributed by atoms with Crippen molar-refractivity contribution in [2.75, 3.05) is 25.6 Å². The minimum Gasteiger partial charge on any atom is -0.497 e. The second-order valence-electron chi connectivity index (χ2n) is 5.23. The van der Waals surface area contributed by atoms with E-state index in [0.29, 0.717) is 29.8 Å². The van der Waals surface area contributed by atoms with Crippen LogP contribution in [0.4, 0.5) is 5.69 Å². The van der Waals surface area contributed by atoms with E-state index in [1.807, 2.05) is 0 Å². The Hall–Kier alpha value is -1.75. The third kappa shape index (κ3) is 3.22. The van der Waals surface area contributed by atoms with Gasteiger partial charge in [0.05, 0.1) is 18.4 Å². The highest BCUT2D eigenvalue weighted by molar-refractivity contribution is 5.94. The van der Waals surface area contributed by atoms with Crippen LogP contribution in [0.2, 0.25) is 0 Å². The second-order valence-corrected chi connectivity index (χ2v) is 5.23. The van der Waals surface area contributed by atoms with Crippen LogP contribution in [-0.2, 0) is 0 Å². The molecule has 1 aliphatic carbocycles. The maximum Gasteiger partial charge on any atom is 0.337 e. The van der Waals surface area contributed by atoms with Gasteiger partial charge in [0, 0.05) is 19.2 Å². The van der Waals surface area contributed by atoms with Gasteiger partial charge in [-0.25, -0.2) is 4.79 Å². The average molecular weight is 279 g/mol. The van der Waals surface area contributed by atoms with Gasteiger partial charge >= 0.3 is 5.97 Å². The second kappa shape index (κ2) is 6.61. The van der Waals surface area contributed by atoms with E-state index in [1.165, 1.54) is 0 Å². The molecule has 0 saturated heterocycles. The number of hydrogen-bond donors (Lipinski definition) is 3. The van der Waals surface area contributed by atoms with Gasteiger partial charge in [0.1, 0.15) is 5.75 Å². The Balaban J connectivity index is 2.09. The molecule has 2 unspecified atom stereocenters. The molecule has 5 heteroatoms. The fourth-order valence-electron chi connectivity index (χ4n) is 2.85. The Kier molecular flexibility index (Phi) is 4.84. The SMILES string of the molecule is COc1ccc(C(=O)O)c(NCC2CCCC2CO)c1. The summed E-state index contributed by atoms with van der Waals surface area (Å²) in [6.07, 6.45) is 3.25. The van der Waals surface area contributed by atoms with E-state index in [1.54, 1.807) is 25.3 Å². The Morgan fingerprint density at radius 3 is 2.80 bits per heavy atom. The zero-order valence-corrected chi connectivity index (χ0v) is 11.6. The average Bonchev–Trinajstić information content (AvgIpc) is 2.91. The maximum absolute atomic E-state index is 11.2. The number of carbonyl (C=O) groups is 1. The van der Waals surface area contributed by atoms with Crippen molar-refractivity contribution in [3.63, 3.8) is 0 Å². The molecule has 1 aromatic carbocycles. The van der Waals surface area contributed by atoms with E-state index in [2.05, 4.69) is 5.32 Å². The van der Waals surface area contributed by atoms with E-state index in [0.717, 1.165) is 19.3 Å². The van der Waals surface area contributed by atoms with Gasteiger partial charge in [0.15, 0.2) is 0 Å². The number of rotatable bonds is 6. The normalized spacial score (nSPS) is 21.7. The first-order chi connectivity index (χ1) is 9.65. The molecule has 0 bridgehead atoms. The molecule has 0 aromatic heterocycles. The zero-order valence-electron chi connectivity index (χ0n) is 11.6. The van der Waals surface area contributed by atoms with Gasteiger partial charge in [0.2, 0.25) is 0 Å². The van der Waals surface area contributed by atoms with Crippen LogP contribution in [0.15, 0.2) is 18.2 Å². The number of nitrogens with one attached hydrogen (secondary N) is 1. The summed E-state index contributed by atoms with van der Waals surface area (Å²) in [5.41, 5.74) is 0.810. The Labute approximate surface area is 118 Å². The number of aliphatic hydroxyl groups excluding tert-OH is 1. The largest absolute Gasteiger partial charge is 0.497 e. The van der Waals surface area contributed by atoms with Crippen LogP contribution >= 0.6 is 0 Å². The van der Waals surface area contributed by atoms with Crippen molar-refractivity contribution in [2.24, 2.45) is 11.8 Å². The predicted octanol–water partition coefficient (Wildman–Crippen LogP) is 2.21. The highest BCUT2D eigenvalue weighted by Crippen LogP contribution is 2.32. The number of benzene rings is 1. The topological polar surface area (TPSA) is 78.8 Å². The molecule has 110 valence electrons. The first kappa shape index (κ1) is 14.7. The number of methoxy groups -OCH3 is 1. The predicted molar refractivity (Wildman–Crippen MR) is 76.4 cm³/mol. The van der Waals surface area contributed by atoms with Gasteiger partial charge in [-0.15, -0.1) is 0 Å². The molecule has 0 amide bonds. The lowest BCUT2D eigenvalue weighted by Gasteiger charge is -2.19. The number of aromatic carboxylic acids is 1. The lowest BCUT2D eigenvalue weighted by atomic mass is 9.97. The first-order valence-corrected chi connectivity index (χ1v) is 6.91. The molecule has 1 saturated carbocycles. The fourth-order valence-corrected chi connectivity index (χ4v) is 2.85. The fraction of sp³-hybridized carbons (Fsp3) is 0.533. The maximum atomic E-state index is 11.2. The van der Waals surface area contributed by atoms with E-state index in [-0.39, 0.29) is 12.2 Å². The molecule has 1 fully saturated rings. The third-order valence-electron chi connectivity index (χ3n) is 4.06. The highest BCUT2D eigenvalue weighted by atomic mass is 16.5. The van der Waals surface area contributed by atoms with E-state index in [4.69, 9.17) is 4.74 Å². The molecule has 0 spiro atoms. The van der Waals surface area contributed by atoms with Gasteiger partial charge in [-0.2, -0.15) is 0 Å². The van der Waals surface area contributed by atoms with Crippen molar-refractivity contribution < 1.29 is 19.7 Å². The molecular weight excluding hydrogens is 258 g/mol. The first-order valence-electron chi connectivity index (χ1n) is 6.91. The molecule has 2 atom stereocenters. The van der Waals surface area contributed by atoms with E-state index < -0.39 is 5.97 Å². The van der Waals surface area contributed by atoms with Gasteiger partial charge in [0.25, 0.3) is 0 Å². The van der Waals surface area contributed by atoms with Crippen LogP contribution in [0.3, 0.4) is 0 Å². The summed E-state index contributed by atoms with van der Waals surface area (Å²) in [4.78, 5) is 11.2. The molecule has 0 aliphatic heterocycles. The molecule has 0 radical (unpaired) electrons. The van der Waals surface area contributed by atoms with Crippen molar-refractivity contribution in [2.45, 2.75) is 19.3 Å². The van der Waals surface area contributed by atoms with Crippen molar-refractivity contribution in [3.05, 3.63) is 23.8 Å². The lowest BCUT2D eigenvalue weighted by molar-refractivity contribution is 0.0698. The summed E-state index contributed by atoms with van der Waals surface area (Å²) in [7, 11) is 1.55. The molecule has 5 nitrogen and oxygen atoms in total. The van der Waals surface area contributed by atoms with Crippen molar-refractivity contribution in [1.82, 2.24) is 0 Å². The molecule has 3 N–H and O–H groups in total. The van der Waals surface area contributed by atoms with Gasteiger partial charge in [-0.3, -0.25) is 0 Å². The number of aliphatic hydroxyl groups is 1. The summed E-state index contributed by atoms with van der Waals surface area (Å²) in [5, 5.41) is 21.7. The van der Waals surface area contributed by atoms with Crippen LogP contribution in [0.1, 0.15) is 29.6 Å². The number of anilines is 1. The summed E-state index contributed by atoms with van der Waals surface area (Å²) in [6, 6.07) is 4.88. The summed E-state index contributed by atoms with van der Waals surface area (Å²) >= 11 is 0. The number of carboxylic acid groups (broad SMARTS) is 1. The quantitative estimate of drug-likeness (QED) is 0.744. The smallest absolute Gasteiger partial charge is 0.337 e. The van der Waals surface area contributed by atoms with Crippen LogP contribution in [0.25, 0.3) is 0 Å². The van der Waals surface area contributed by atoms with Gasteiger partial charge in [-0.05, 0) is 36.8 Å². The standard InChI is InChI=1S/C15H21NO4/c1-20-12-5-6-13(15(18)19)14(7-12)16-8-10-3-2-4-11(10)9-17/h5-7,10-11,16-17H,2-4,8-9H2,1H3,(H,18,19). The number of carboxylic acids is 1. The number of ether oxygens (including phenoxy) is 1. The molecular formula is C15H21NO4. The molecule has 0 heterocycles. The van der Waals surface area contributed by atoms with Crippen molar-refractivity contribution in [1.29, 1.82) is 0 Å². The van der Waals surface area contributed by atoms with Crippen LogP contribution in [0.5, 0.6) is 5.75 Å². The lowest BCUT2D eigenvalue weighted by Crippen LogP contribution is -2.21. The molecule has 20 heavy (non-hydrogen) atoms. The molecule has 2 rings (SSSR count). The van der Waals surface area contributed by atoms with Crippen molar-refractivity contribution in [3.8, 4) is 5.75 Å². The Bertz CT molecular complexity index is 475. The van der Waals surface area contributed by atoms with E-state index in [9.17, 15) is 15.0 Å². The van der Waals surface area contributed by atoms with Crippen LogP contribution in [0, 0.1) is 11.8 Å².